The maximum Gasteiger partial charge on any atom is 0.238 e. The standard InChI is InChI=1S/C17H17NO3S3/c1-22-14-7-5-13(6-8-14)18-16(19)11-23-17(18)12-3-9-15(10-4-12)24(2,20)21/h3-10,17H,11H2,1-2H3. The lowest BCUT2D eigenvalue weighted by atomic mass is 10.2. The van der Waals surface area contributed by atoms with Crippen LogP contribution in [0.15, 0.2) is 58.3 Å². The molecule has 1 unspecified atom stereocenters. The molecule has 1 saturated heterocycles. The minimum absolute atomic E-state index is 0.0640. The molecule has 0 saturated carbocycles. The fraction of sp³-hybridized carbons (Fsp3) is 0.235. The van der Waals surface area contributed by atoms with Gasteiger partial charge in [0.05, 0.1) is 10.6 Å². The topological polar surface area (TPSA) is 54.5 Å². The molecular formula is C17H17NO3S3. The number of thioether (sulfide) groups is 2. The summed E-state index contributed by atoms with van der Waals surface area (Å²) in [5.41, 5.74) is 1.78. The van der Waals surface area contributed by atoms with Gasteiger partial charge in [0.15, 0.2) is 9.84 Å². The SMILES string of the molecule is CSc1ccc(N2C(=O)CSC2c2ccc(S(C)(=O)=O)cc2)cc1. The van der Waals surface area contributed by atoms with Crippen LogP contribution >= 0.6 is 23.5 Å². The van der Waals surface area contributed by atoms with Crippen LogP contribution in [-0.2, 0) is 14.6 Å². The van der Waals surface area contributed by atoms with Crippen LogP contribution in [0.5, 0.6) is 0 Å². The fourth-order valence-electron chi connectivity index (χ4n) is 2.57. The Balaban J connectivity index is 1.92. The van der Waals surface area contributed by atoms with Crippen LogP contribution in [0.2, 0.25) is 0 Å². The van der Waals surface area contributed by atoms with Gasteiger partial charge in [0.2, 0.25) is 5.91 Å². The van der Waals surface area contributed by atoms with Gasteiger partial charge in [0.25, 0.3) is 0 Å². The number of benzene rings is 2. The summed E-state index contributed by atoms with van der Waals surface area (Å²) in [6.07, 6.45) is 3.20. The number of hydrogen-bond donors (Lipinski definition) is 0. The van der Waals surface area contributed by atoms with Crippen LogP contribution < -0.4 is 4.90 Å². The third-order valence-corrected chi connectivity index (χ3v) is 6.90. The molecule has 0 spiro atoms. The Bertz CT molecular complexity index is 846. The number of carbonyl (C=O) groups excluding carboxylic acids is 1. The Hall–Kier alpha value is -1.44. The molecule has 1 heterocycles. The molecule has 0 radical (unpaired) electrons. The second kappa shape index (κ2) is 6.82. The molecule has 2 aromatic rings. The van der Waals surface area contributed by atoms with Gasteiger partial charge in [-0.1, -0.05) is 12.1 Å². The quantitative estimate of drug-likeness (QED) is 0.760. The van der Waals surface area contributed by atoms with Crippen LogP contribution in [0.3, 0.4) is 0 Å². The lowest BCUT2D eigenvalue weighted by Gasteiger charge is -2.24. The molecule has 4 nitrogen and oxygen atoms in total. The van der Waals surface area contributed by atoms with E-state index in [-0.39, 0.29) is 16.2 Å². The molecule has 24 heavy (non-hydrogen) atoms. The highest BCUT2D eigenvalue weighted by Gasteiger charge is 2.34. The molecule has 1 aliphatic heterocycles. The largest absolute Gasteiger partial charge is 0.295 e. The average Bonchev–Trinajstić information content (AvgIpc) is 2.96. The molecule has 7 heteroatoms. The van der Waals surface area contributed by atoms with Gasteiger partial charge in [0.1, 0.15) is 5.37 Å². The average molecular weight is 380 g/mol. The van der Waals surface area contributed by atoms with Crippen molar-refractivity contribution in [2.45, 2.75) is 15.2 Å². The summed E-state index contributed by atoms with van der Waals surface area (Å²) >= 11 is 3.21. The van der Waals surface area contributed by atoms with E-state index in [9.17, 15) is 13.2 Å². The van der Waals surface area contributed by atoms with Gasteiger partial charge in [-0.3, -0.25) is 9.69 Å². The van der Waals surface area contributed by atoms with Crippen molar-refractivity contribution in [2.24, 2.45) is 0 Å². The van der Waals surface area contributed by atoms with Crippen molar-refractivity contribution in [2.75, 3.05) is 23.2 Å². The lowest BCUT2D eigenvalue weighted by Crippen LogP contribution is -2.27. The molecule has 3 rings (SSSR count). The molecule has 1 atom stereocenters. The van der Waals surface area contributed by atoms with E-state index in [1.54, 1.807) is 52.7 Å². The van der Waals surface area contributed by atoms with E-state index in [4.69, 9.17) is 0 Å². The highest BCUT2D eigenvalue weighted by atomic mass is 32.2. The Morgan fingerprint density at radius 1 is 1.08 bits per heavy atom. The number of nitrogens with zero attached hydrogens (tertiary/aromatic N) is 1. The Labute approximate surface area is 150 Å². The number of rotatable bonds is 4. The van der Waals surface area contributed by atoms with Gasteiger partial charge in [-0.25, -0.2) is 8.42 Å². The predicted octanol–water partition coefficient (Wildman–Crippen LogP) is 3.59. The third kappa shape index (κ3) is 3.48. The van der Waals surface area contributed by atoms with Gasteiger partial charge in [-0.05, 0) is 48.2 Å². The van der Waals surface area contributed by atoms with Crippen LogP contribution in [0, 0.1) is 0 Å². The summed E-state index contributed by atoms with van der Waals surface area (Å²) in [6, 6.07) is 14.7. The summed E-state index contributed by atoms with van der Waals surface area (Å²) in [7, 11) is -3.22. The third-order valence-electron chi connectivity index (χ3n) is 3.81. The van der Waals surface area contributed by atoms with Gasteiger partial charge in [-0.15, -0.1) is 23.5 Å². The van der Waals surface area contributed by atoms with E-state index in [0.29, 0.717) is 5.75 Å². The van der Waals surface area contributed by atoms with Crippen molar-refractivity contribution in [1.29, 1.82) is 0 Å². The first-order chi connectivity index (χ1) is 11.4. The monoisotopic (exact) mass is 379 g/mol. The van der Waals surface area contributed by atoms with Crippen molar-refractivity contribution in [3.63, 3.8) is 0 Å². The number of hydrogen-bond acceptors (Lipinski definition) is 5. The van der Waals surface area contributed by atoms with Crippen molar-refractivity contribution in [1.82, 2.24) is 0 Å². The molecule has 0 N–H and O–H groups in total. The molecule has 1 amide bonds. The number of anilines is 1. The first-order valence-electron chi connectivity index (χ1n) is 7.28. The predicted molar refractivity (Wildman–Crippen MR) is 100 cm³/mol. The van der Waals surface area contributed by atoms with Crippen molar-refractivity contribution >= 4 is 45.0 Å². The van der Waals surface area contributed by atoms with Crippen LogP contribution in [-0.4, -0.2) is 32.6 Å². The zero-order valence-corrected chi connectivity index (χ0v) is 15.7. The van der Waals surface area contributed by atoms with E-state index in [1.807, 2.05) is 30.5 Å². The molecule has 0 aromatic heterocycles. The zero-order chi connectivity index (χ0) is 17.3. The van der Waals surface area contributed by atoms with Gasteiger partial charge < -0.3 is 0 Å². The van der Waals surface area contributed by atoms with Gasteiger partial charge in [-0.2, -0.15) is 0 Å². The van der Waals surface area contributed by atoms with Crippen LogP contribution in [0.25, 0.3) is 0 Å². The van der Waals surface area contributed by atoms with Crippen molar-refractivity contribution in [3.8, 4) is 0 Å². The van der Waals surface area contributed by atoms with E-state index < -0.39 is 9.84 Å². The molecule has 1 fully saturated rings. The van der Waals surface area contributed by atoms with E-state index >= 15 is 0 Å². The molecular weight excluding hydrogens is 362 g/mol. The maximum absolute atomic E-state index is 12.3. The first-order valence-corrected chi connectivity index (χ1v) is 11.4. The molecule has 0 bridgehead atoms. The van der Waals surface area contributed by atoms with Gasteiger partial charge >= 0.3 is 0 Å². The molecule has 0 aliphatic carbocycles. The smallest absolute Gasteiger partial charge is 0.238 e. The Morgan fingerprint density at radius 3 is 2.25 bits per heavy atom. The normalized spacial score (nSPS) is 18.2. The minimum Gasteiger partial charge on any atom is -0.295 e. The zero-order valence-electron chi connectivity index (χ0n) is 13.3. The van der Waals surface area contributed by atoms with Crippen molar-refractivity contribution in [3.05, 3.63) is 54.1 Å². The minimum atomic E-state index is -3.22. The summed E-state index contributed by atoms with van der Waals surface area (Å²) in [5.74, 6) is 0.483. The molecule has 2 aromatic carbocycles. The highest BCUT2D eigenvalue weighted by molar-refractivity contribution is 8.00. The molecule has 126 valence electrons. The maximum atomic E-state index is 12.3. The van der Waals surface area contributed by atoms with Gasteiger partial charge in [0, 0.05) is 16.8 Å². The van der Waals surface area contributed by atoms with E-state index in [2.05, 4.69) is 0 Å². The van der Waals surface area contributed by atoms with E-state index in [0.717, 1.165) is 16.1 Å². The lowest BCUT2D eigenvalue weighted by molar-refractivity contribution is -0.115. The summed E-state index contributed by atoms with van der Waals surface area (Å²) < 4.78 is 23.2. The summed E-state index contributed by atoms with van der Waals surface area (Å²) in [4.78, 5) is 15.6. The van der Waals surface area contributed by atoms with Crippen LogP contribution in [0.4, 0.5) is 5.69 Å². The Morgan fingerprint density at radius 2 is 1.71 bits per heavy atom. The number of carbonyl (C=O) groups is 1. The van der Waals surface area contributed by atoms with E-state index in [1.165, 1.54) is 6.26 Å². The highest BCUT2D eigenvalue weighted by Crippen LogP contribution is 2.42. The second-order valence-electron chi connectivity index (χ2n) is 5.47. The summed E-state index contributed by atoms with van der Waals surface area (Å²) in [5, 5.41) is -0.133. The molecule has 1 aliphatic rings. The van der Waals surface area contributed by atoms with Crippen molar-refractivity contribution < 1.29 is 13.2 Å². The van der Waals surface area contributed by atoms with Crippen LogP contribution in [0.1, 0.15) is 10.9 Å². The number of sulfone groups is 1. The second-order valence-corrected chi connectivity index (χ2v) is 9.43. The fourth-order valence-corrected chi connectivity index (χ4v) is 4.79. The summed E-state index contributed by atoms with van der Waals surface area (Å²) in [6.45, 7) is 0. The number of amides is 1. The Kier molecular flexibility index (Phi) is 4.94. The first kappa shape index (κ1) is 17.4.